The molecule has 0 amide bonds. The van der Waals surface area contributed by atoms with Crippen molar-refractivity contribution in [2.45, 2.75) is 12.6 Å². The number of nitrogens with one attached hydrogen (secondary N) is 2. The lowest BCUT2D eigenvalue weighted by molar-refractivity contribution is 0.279. The average molecular weight is 317 g/mol. The van der Waals surface area contributed by atoms with Crippen LogP contribution < -0.4 is 10.6 Å². The molecule has 0 bridgehead atoms. The fourth-order valence-corrected chi connectivity index (χ4v) is 3.06. The number of hydrogen-bond acceptors (Lipinski definition) is 4. The SMILES string of the molecule is CN(C)[C@@H](CNC[C@@H]1CNc2ccnn2C1)c1cccc(F)c1. The molecule has 1 aliphatic rings. The lowest BCUT2D eigenvalue weighted by Gasteiger charge is -2.28. The Balaban J connectivity index is 1.54. The highest BCUT2D eigenvalue weighted by molar-refractivity contribution is 5.35. The quantitative estimate of drug-likeness (QED) is 0.855. The Bertz CT molecular complexity index is 639. The maximum absolute atomic E-state index is 13.5. The number of benzene rings is 1. The van der Waals surface area contributed by atoms with E-state index in [1.54, 1.807) is 12.1 Å². The van der Waals surface area contributed by atoms with Gasteiger partial charge < -0.3 is 15.5 Å². The molecule has 0 unspecified atom stereocenters. The van der Waals surface area contributed by atoms with Crippen LogP contribution in [0, 0.1) is 11.7 Å². The van der Waals surface area contributed by atoms with E-state index in [1.165, 1.54) is 6.07 Å². The minimum Gasteiger partial charge on any atom is -0.370 e. The molecule has 2 atom stereocenters. The largest absolute Gasteiger partial charge is 0.370 e. The summed E-state index contributed by atoms with van der Waals surface area (Å²) in [7, 11) is 4.05. The smallest absolute Gasteiger partial charge is 0.124 e. The van der Waals surface area contributed by atoms with Crippen LogP contribution >= 0.6 is 0 Å². The van der Waals surface area contributed by atoms with Gasteiger partial charge in [0.15, 0.2) is 0 Å². The lowest BCUT2D eigenvalue weighted by atomic mass is 10.0. The van der Waals surface area contributed by atoms with Crippen LogP contribution in [0.25, 0.3) is 0 Å². The fraction of sp³-hybridized carbons (Fsp3) is 0.471. The Kier molecular flexibility index (Phi) is 4.93. The molecule has 6 heteroatoms. The van der Waals surface area contributed by atoms with Crippen molar-refractivity contribution < 1.29 is 4.39 Å². The van der Waals surface area contributed by atoms with Crippen LogP contribution in [-0.4, -0.2) is 48.4 Å². The van der Waals surface area contributed by atoms with Crippen molar-refractivity contribution in [3.8, 4) is 0 Å². The van der Waals surface area contributed by atoms with Gasteiger partial charge in [-0.05, 0) is 31.8 Å². The number of rotatable bonds is 6. The molecule has 1 aliphatic heterocycles. The van der Waals surface area contributed by atoms with E-state index in [0.717, 1.165) is 37.6 Å². The summed E-state index contributed by atoms with van der Waals surface area (Å²) < 4.78 is 15.5. The van der Waals surface area contributed by atoms with Gasteiger partial charge in [0.2, 0.25) is 0 Å². The van der Waals surface area contributed by atoms with E-state index in [1.807, 2.05) is 37.1 Å². The van der Waals surface area contributed by atoms with Crippen LogP contribution in [0.1, 0.15) is 11.6 Å². The molecule has 2 heterocycles. The van der Waals surface area contributed by atoms with E-state index < -0.39 is 0 Å². The van der Waals surface area contributed by atoms with Gasteiger partial charge in [-0.15, -0.1) is 0 Å². The average Bonchev–Trinajstić information content (AvgIpc) is 2.98. The van der Waals surface area contributed by atoms with Crippen molar-refractivity contribution in [3.63, 3.8) is 0 Å². The molecule has 1 aromatic heterocycles. The summed E-state index contributed by atoms with van der Waals surface area (Å²) in [6, 6.07) is 9.00. The molecule has 124 valence electrons. The zero-order valence-corrected chi connectivity index (χ0v) is 13.7. The first kappa shape index (κ1) is 16.0. The van der Waals surface area contributed by atoms with Crippen LogP contribution in [0.3, 0.4) is 0 Å². The molecule has 0 radical (unpaired) electrons. The summed E-state index contributed by atoms with van der Waals surface area (Å²) in [6.45, 7) is 3.57. The number of nitrogens with zero attached hydrogens (tertiary/aromatic N) is 3. The number of fused-ring (bicyclic) bond motifs is 1. The first-order valence-corrected chi connectivity index (χ1v) is 8.02. The fourth-order valence-electron chi connectivity index (χ4n) is 3.06. The monoisotopic (exact) mass is 317 g/mol. The van der Waals surface area contributed by atoms with Crippen LogP contribution in [0.5, 0.6) is 0 Å². The van der Waals surface area contributed by atoms with E-state index in [4.69, 9.17) is 0 Å². The maximum Gasteiger partial charge on any atom is 0.124 e. The van der Waals surface area contributed by atoms with Crippen molar-refractivity contribution in [1.29, 1.82) is 0 Å². The summed E-state index contributed by atoms with van der Waals surface area (Å²) in [5.74, 6) is 1.40. The van der Waals surface area contributed by atoms with Crippen LogP contribution in [0.2, 0.25) is 0 Å². The van der Waals surface area contributed by atoms with Gasteiger partial charge in [0.25, 0.3) is 0 Å². The summed E-state index contributed by atoms with van der Waals surface area (Å²) in [5.41, 5.74) is 0.999. The Hall–Kier alpha value is -1.92. The molecule has 3 rings (SSSR count). The number of anilines is 1. The Labute approximate surface area is 136 Å². The number of halogens is 1. The lowest BCUT2D eigenvalue weighted by Crippen LogP contribution is -2.38. The number of likely N-dealkylation sites (N-methyl/N-ethyl adjacent to an activating group) is 1. The second kappa shape index (κ2) is 7.10. The summed E-state index contributed by atoms with van der Waals surface area (Å²) >= 11 is 0. The minimum absolute atomic E-state index is 0.155. The molecule has 0 saturated carbocycles. The predicted octanol–water partition coefficient (Wildman–Crippen LogP) is 1.96. The van der Waals surface area contributed by atoms with Gasteiger partial charge >= 0.3 is 0 Å². The third-order valence-corrected chi connectivity index (χ3v) is 4.35. The topological polar surface area (TPSA) is 45.1 Å². The summed E-state index contributed by atoms with van der Waals surface area (Å²) in [6.07, 6.45) is 1.82. The highest BCUT2D eigenvalue weighted by Crippen LogP contribution is 2.19. The second-order valence-electron chi connectivity index (χ2n) is 6.34. The van der Waals surface area contributed by atoms with Gasteiger partial charge in [-0.1, -0.05) is 12.1 Å². The molecule has 0 spiro atoms. The molecule has 1 aromatic carbocycles. The minimum atomic E-state index is -0.183. The van der Waals surface area contributed by atoms with E-state index >= 15 is 0 Å². The van der Waals surface area contributed by atoms with Gasteiger partial charge in [-0.25, -0.2) is 9.07 Å². The summed E-state index contributed by atoms with van der Waals surface area (Å²) in [5, 5.41) is 11.2. The first-order valence-electron chi connectivity index (χ1n) is 8.02. The van der Waals surface area contributed by atoms with E-state index in [9.17, 15) is 4.39 Å². The van der Waals surface area contributed by atoms with Crippen molar-refractivity contribution in [1.82, 2.24) is 20.0 Å². The molecule has 0 fully saturated rings. The van der Waals surface area contributed by atoms with E-state index in [0.29, 0.717) is 5.92 Å². The second-order valence-corrected chi connectivity index (χ2v) is 6.34. The van der Waals surface area contributed by atoms with Crippen molar-refractivity contribution in [2.75, 3.05) is 39.0 Å². The van der Waals surface area contributed by atoms with Crippen molar-refractivity contribution >= 4 is 5.82 Å². The van der Waals surface area contributed by atoms with Gasteiger partial charge in [-0.2, -0.15) is 5.10 Å². The maximum atomic E-state index is 13.5. The molecule has 5 nitrogen and oxygen atoms in total. The molecular weight excluding hydrogens is 293 g/mol. The predicted molar refractivity (Wildman–Crippen MR) is 89.9 cm³/mol. The third kappa shape index (κ3) is 3.89. The number of hydrogen-bond donors (Lipinski definition) is 2. The Morgan fingerprint density at radius 1 is 1.43 bits per heavy atom. The summed E-state index contributed by atoms with van der Waals surface area (Å²) in [4.78, 5) is 2.12. The standard InChI is InChI=1S/C17H24FN5/c1-22(2)16(14-4-3-5-15(18)8-14)11-19-9-13-10-20-17-6-7-21-23(17)12-13/h3-8,13,16,19-20H,9-12H2,1-2H3/t13-,16+/m1/s1. The zero-order valence-electron chi connectivity index (χ0n) is 13.7. The van der Waals surface area contributed by atoms with Gasteiger partial charge in [0.05, 0.1) is 6.20 Å². The van der Waals surface area contributed by atoms with Crippen molar-refractivity contribution in [3.05, 3.63) is 47.9 Å². The zero-order chi connectivity index (χ0) is 16.2. The molecular formula is C17H24FN5. The molecule has 0 aliphatic carbocycles. The van der Waals surface area contributed by atoms with Crippen molar-refractivity contribution in [2.24, 2.45) is 5.92 Å². The van der Waals surface area contributed by atoms with Crippen LogP contribution in [-0.2, 0) is 6.54 Å². The molecule has 0 saturated heterocycles. The highest BCUT2D eigenvalue weighted by Gasteiger charge is 2.19. The first-order chi connectivity index (χ1) is 11.1. The van der Waals surface area contributed by atoms with E-state index in [-0.39, 0.29) is 11.9 Å². The number of aromatic nitrogens is 2. The Morgan fingerprint density at radius 3 is 3.09 bits per heavy atom. The van der Waals surface area contributed by atoms with Crippen LogP contribution in [0.4, 0.5) is 10.2 Å². The normalized spacial score (nSPS) is 18.5. The highest BCUT2D eigenvalue weighted by atomic mass is 19.1. The van der Waals surface area contributed by atoms with Gasteiger partial charge in [0, 0.05) is 44.2 Å². The van der Waals surface area contributed by atoms with Crippen LogP contribution in [0.15, 0.2) is 36.5 Å². The van der Waals surface area contributed by atoms with Gasteiger partial charge in [0.1, 0.15) is 11.6 Å². The van der Waals surface area contributed by atoms with Gasteiger partial charge in [-0.3, -0.25) is 0 Å². The molecule has 23 heavy (non-hydrogen) atoms. The molecule has 2 N–H and O–H groups in total. The Morgan fingerprint density at radius 2 is 2.30 bits per heavy atom. The molecule has 2 aromatic rings. The van der Waals surface area contributed by atoms with E-state index in [2.05, 4.69) is 20.6 Å². The third-order valence-electron chi connectivity index (χ3n) is 4.35.